The number of nitrogens with zero attached hydrogens (tertiary/aromatic N) is 1. The predicted octanol–water partition coefficient (Wildman–Crippen LogP) is 3.19. The lowest BCUT2D eigenvalue weighted by Crippen LogP contribution is -2.44. The molecule has 6 nitrogen and oxygen atoms in total. The van der Waals surface area contributed by atoms with E-state index in [0.717, 1.165) is 22.3 Å². The third-order valence-corrected chi connectivity index (χ3v) is 4.87. The Labute approximate surface area is 165 Å². The Morgan fingerprint density at radius 1 is 1.07 bits per heavy atom. The molecule has 2 aromatic rings. The van der Waals surface area contributed by atoms with E-state index in [1.807, 2.05) is 0 Å². The van der Waals surface area contributed by atoms with Crippen molar-refractivity contribution in [2.24, 2.45) is 0 Å². The Hall–Kier alpha value is -2.97. The van der Waals surface area contributed by atoms with Gasteiger partial charge in [-0.15, -0.1) is 0 Å². The minimum absolute atomic E-state index is 0.155. The van der Waals surface area contributed by atoms with E-state index in [4.69, 9.17) is 12.2 Å². The van der Waals surface area contributed by atoms with Gasteiger partial charge in [0.15, 0.2) is 4.32 Å². The van der Waals surface area contributed by atoms with Crippen molar-refractivity contribution in [1.82, 2.24) is 10.4 Å². The molecular formula is C19H15N3O3S2. The first-order valence-corrected chi connectivity index (χ1v) is 9.18. The second-order valence-electron chi connectivity index (χ2n) is 5.63. The maximum Gasteiger partial charge on any atom is 0.285 e. The highest BCUT2D eigenvalue weighted by Crippen LogP contribution is 2.31. The van der Waals surface area contributed by atoms with Crippen LogP contribution in [-0.2, 0) is 9.59 Å². The van der Waals surface area contributed by atoms with E-state index in [0.29, 0.717) is 16.2 Å². The molecule has 3 amide bonds. The molecular weight excluding hydrogens is 382 g/mol. The van der Waals surface area contributed by atoms with Crippen LogP contribution in [-0.4, -0.2) is 27.1 Å². The summed E-state index contributed by atoms with van der Waals surface area (Å²) >= 11 is 6.33. The van der Waals surface area contributed by atoms with Gasteiger partial charge in [-0.3, -0.25) is 19.8 Å². The fourth-order valence-electron chi connectivity index (χ4n) is 2.34. The monoisotopic (exact) mass is 397 g/mol. The van der Waals surface area contributed by atoms with E-state index in [2.05, 4.69) is 10.7 Å². The average molecular weight is 397 g/mol. The zero-order chi connectivity index (χ0) is 19.4. The third kappa shape index (κ3) is 4.60. The number of hydrazine groups is 1. The molecule has 0 atom stereocenters. The molecule has 0 unspecified atom stereocenters. The molecule has 136 valence electrons. The van der Waals surface area contributed by atoms with E-state index in [-0.39, 0.29) is 16.1 Å². The van der Waals surface area contributed by atoms with E-state index in [9.17, 15) is 14.4 Å². The number of hydrogen-bond acceptors (Lipinski definition) is 5. The summed E-state index contributed by atoms with van der Waals surface area (Å²) in [6, 6.07) is 15.6. The van der Waals surface area contributed by atoms with Crippen LogP contribution in [0.3, 0.4) is 0 Å². The number of hydrogen-bond donors (Lipinski definition) is 2. The van der Waals surface area contributed by atoms with Crippen molar-refractivity contribution in [2.75, 3.05) is 5.32 Å². The van der Waals surface area contributed by atoms with Crippen molar-refractivity contribution < 1.29 is 14.4 Å². The zero-order valence-corrected chi connectivity index (χ0v) is 15.9. The van der Waals surface area contributed by atoms with Gasteiger partial charge in [0.25, 0.3) is 11.8 Å². The lowest BCUT2D eigenvalue weighted by atomic mass is 10.2. The van der Waals surface area contributed by atoms with Crippen LogP contribution in [0.1, 0.15) is 22.8 Å². The number of amides is 3. The quantitative estimate of drug-likeness (QED) is 0.612. The molecule has 0 radical (unpaired) electrons. The van der Waals surface area contributed by atoms with Crippen molar-refractivity contribution in [1.29, 1.82) is 0 Å². The minimum atomic E-state index is -0.409. The molecule has 3 rings (SSSR count). The first kappa shape index (κ1) is 18.8. The number of anilines is 1. The van der Waals surface area contributed by atoms with Crippen LogP contribution < -0.4 is 10.7 Å². The van der Waals surface area contributed by atoms with Crippen molar-refractivity contribution in [3.63, 3.8) is 0 Å². The Kier molecular flexibility index (Phi) is 5.68. The molecule has 2 N–H and O–H groups in total. The molecule has 0 saturated carbocycles. The summed E-state index contributed by atoms with van der Waals surface area (Å²) in [5.41, 5.74) is 4.42. The van der Waals surface area contributed by atoms with Gasteiger partial charge in [0.2, 0.25) is 5.91 Å². The van der Waals surface area contributed by atoms with Crippen LogP contribution in [0.15, 0.2) is 59.5 Å². The smallest absolute Gasteiger partial charge is 0.285 e. The van der Waals surface area contributed by atoms with Crippen molar-refractivity contribution in [3.05, 3.63) is 70.6 Å². The van der Waals surface area contributed by atoms with E-state index in [1.165, 1.54) is 6.92 Å². The molecule has 1 heterocycles. The number of benzene rings is 2. The average Bonchev–Trinajstić information content (AvgIpc) is 2.91. The number of thiocarbonyl (C=S) groups is 1. The van der Waals surface area contributed by atoms with Crippen LogP contribution in [0.4, 0.5) is 5.69 Å². The van der Waals surface area contributed by atoms with Gasteiger partial charge in [0, 0.05) is 18.2 Å². The summed E-state index contributed by atoms with van der Waals surface area (Å²) in [7, 11) is 0. The van der Waals surface area contributed by atoms with Crippen LogP contribution in [0.25, 0.3) is 6.08 Å². The second kappa shape index (κ2) is 8.15. The van der Waals surface area contributed by atoms with Gasteiger partial charge in [0.05, 0.1) is 4.91 Å². The number of rotatable bonds is 4. The Balaban J connectivity index is 1.72. The van der Waals surface area contributed by atoms with Gasteiger partial charge < -0.3 is 5.32 Å². The van der Waals surface area contributed by atoms with Crippen LogP contribution in [0.5, 0.6) is 0 Å². The van der Waals surface area contributed by atoms with Gasteiger partial charge in [-0.2, -0.15) is 5.01 Å². The van der Waals surface area contributed by atoms with Gasteiger partial charge >= 0.3 is 0 Å². The summed E-state index contributed by atoms with van der Waals surface area (Å²) in [5.74, 6) is -0.953. The lowest BCUT2D eigenvalue weighted by molar-refractivity contribution is -0.123. The highest BCUT2D eigenvalue weighted by atomic mass is 32.2. The number of carbonyl (C=O) groups is 3. The molecule has 1 fully saturated rings. The highest BCUT2D eigenvalue weighted by Gasteiger charge is 2.33. The molecule has 1 aliphatic heterocycles. The molecule has 2 aromatic carbocycles. The van der Waals surface area contributed by atoms with Gasteiger partial charge in [-0.05, 0) is 48.1 Å². The highest BCUT2D eigenvalue weighted by molar-refractivity contribution is 8.26. The Morgan fingerprint density at radius 2 is 1.74 bits per heavy atom. The minimum Gasteiger partial charge on any atom is -0.326 e. The first-order chi connectivity index (χ1) is 12.9. The molecule has 0 spiro atoms. The molecule has 0 aliphatic carbocycles. The molecule has 8 heteroatoms. The fourth-order valence-corrected chi connectivity index (χ4v) is 3.52. The largest absolute Gasteiger partial charge is 0.326 e. The molecule has 1 saturated heterocycles. The SMILES string of the molecule is CC(=O)Nc1ccc(/C=C2\SC(=S)N(NC(=O)c3ccccc3)C2=O)cc1. The summed E-state index contributed by atoms with van der Waals surface area (Å²) < 4.78 is 0.255. The molecule has 27 heavy (non-hydrogen) atoms. The zero-order valence-electron chi connectivity index (χ0n) is 14.3. The van der Waals surface area contributed by atoms with Crippen LogP contribution >= 0.6 is 24.0 Å². The lowest BCUT2D eigenvalue weighted by Gasteiger charge is -2.15. The maximum absolute atomic E-state index is 12.6. The maximum atomic E-state index is 12.6. The number of thioether (sulfide) groups is 1. The number of carbonyl (C=O) groups excluding carboxylic acids is 3. The summed E-state index contributed by atoms with van der Waals surface area (Å²) in [6.07, 6.45) is 1.69. The van der Waals surface area contributed by atoms with Gasteiger partial charge in [0.1, 0.15) is 0 Å². The predicted molar refractivity (Wildman–Crippen MR) is 110 cm³/mol. The summed E-state index contributed by atoms with van der Waals surface area (Å²) in [4.78, 5) is 36.3. The molecule has 1 aliphatic rings. The molecule has 0 bridgehead atoms. The number of nitrogens with one attached hydrogen (secondary N) is 2. The standard InChI is InChI=1S/C19H15N3O3S2/c1-12(23)20-15-9-7-13(8-10-15)11-16-18(25)22(19(26)27-16)21-17(24)14-5-3-2-4-6-14/h2-11H,1H3,(H,20,23)(H,21,24)/b16-11-. The Morgan fingerprint density at radius 3 is 2.37 bits per heavy atom. The summed E-state index contributed by atoms with van der Waals surface area (Å²) in [5, 5.41) is 3.75. The van der Waals surface area contributed by atoms with Crippen molar-refractivity contribution in [3.8, 4) is 0 Å². The van der Waals surface area contributed by atoms with E-state index in [1.54, 1.807) is 60.7 Å². The van der Waals surface area contributed by atoms with Gasteiger partial charge in [-0.25, -0.2) is 0 Å². The van der Waals surface area contributed by atoms with E-state index >= 15 is 0 Å². The van der Waals surface area contributed by atoms with Gasteiger partial charge in [-0.1, -0.05) is 42.1 Å². The second-order valence-corrected chi connectivity index (χ2v) is 7.30. The normalized spacial score (nSPS) is 15.1. The Bertz CT molecular complexity index is 940. The fraction of sp³-hybridized carbons (Fsp3) is 0.0526. The topological polar surface area (TPSA) is 78.5 Å². The van der Waals surface area contributed by atoms with Crippen molar-refractivity contribution >= 4 is 57.8 Å². The van der Waals surface area contributed by atoms with Crippen LogP contribution in [0.2, 0.25) is 0 Å². The molecule has 0 aromatic heterocycles. The van der Waals surface area contributed by atoms with E-state index < -0.39 is 5.91 Å². The van der Waals surface area contributed by atoms with Crippen molar-refractivity contribution in [2.45, 2.75) is 6.92 Å². The summed E-state index contributed by atoms with van der Waals surface area (Å²) in [6.45, 7) is 1.43. The third-order valence-electron chi connectivity index (χ3n) is 3.57. The van der Waals surface area contributed by atoms with Crippen LogP contribution in [0, 0.1) is 0 Å². The first-order valence-electron chi connectivity index (χ1n) is 7.95.